The Bertz CT molecular complexity index is 452. The summed E-state index contributed by atoms with van der Waals surface area (Å²) < 4.78 is 18.2. The predicted molar refractivity (Wildman–Crippen MR) is 76.0 cm³/mol. The topological polar surface area (TPSA) is 59.6 Å². The molecule has 5 heteroatoms. The Morgan fingerprint density at radius 2 is 2.11 bits per heavy atom. The molecular weight excluding hydrogens is 245 g/mol. The average molecular weight is 267 g/mol. The highest BCUT2D eigenvalue weighted by atomic mass is 19.1. The fourth-order valence-corrected chi connectivity index (χ4v) is 1.59. The Labute approximate surface area is 113 Å². The molecule has 3 N–H and O–H groups in total. The van der Waals surface area contributed by atoms with E-state index >= 15 is 0 Å². The molecule has 106 valence electrons. The number of nitrogens with two attached hydrogens (primary N) is 1. The molecule has 0 saturated carbocycles. The SMILES string of the molecule is COc1cc(CCN=C(N)NC(C)(C)C)ccc1F. The van der Waals surface area contributed by atoms with Gasteiger partial charge in [-0.05, 0) is 44.9 Å². The second-order valence-electron chi connectivity index (χ2n) is 5.36. The van der Waals surface area contributed by atoms with Gasteiger partial charge < -0.3 is 15.8 Å². The minimum atomic E-state index is -0.358. The Kier molecular flexibility index (Phi) is 5.15. The third-order valence-electron chi connectivity index (χ3n) is 2.40. The second kappa shape index (κ2) is 6.41. The van der Waals surface area contributed by atoms with E-state index in [1.807, 2.05) is 20.8 Å². The van der Waals surface area contributed by atoms with Crippen LogP contribution in [0.5, 0.6) is 5.75 Å². The van der Waals surface area contributed by atoms with Crippen molar-refractivity contribution in [2.45, 2.75) is 32.7 Å². The predicted octanol–water partition coefficient (Wildman–Crippen LogP) is 2.08. The molecule has 0 bridgehead atoms. The maximum atomic E-state index is 13.2. The summed E-state index contributed by atoms with van der Waals surface area (Å²) in [7, 11) is 1.45. The second-order valence-corrected chi connectivity index (χ2v) is 5.36. The van der Waals surface area contributed by atoms with E-state index in [4.69, 9.17) is 10.5 Å². The highest BCUT2D eigenvalue weighted by molar-refractivity contribution is 5.78. The highest BCUT2D eigenvalue weighted by Gasteiger charge is 2.09. The molecule has 0 aliphatic heterocycles. The van der Waals surface area contributed by atoms with Crippen molar-refractivity contribution in [2.75, 3.05) is 13.7 Å². The summed E-state index contributed by atoms with van der Waals surface area (Å²) in [6.45, 7) is 6.59. The van der Waals surface area contributed by atoms with Gasteiger partial charge >= 0.3 is 0 Å². The molecular formula is C14H22FN3O. The molecule has 0 saturated heterocycles. The van der Waals surface area contributed by atoms with Crippen molar-refractivity contribution < 1.29 is 9.13 Å². The normalized spacial score (nSPS) is 12.4. The maximum Gasteiger partial charge on any atom is 0.188 e. The van der Waals surface area contributed by atoms with Crippen LogP contribution in [0.15, 0.2) is 23.2 Å². The van der Waals surface area contributed by atoms with Crippen LogP contribution in [-0.2, 0) is 6.42 Å². The molecule has 0 aromatic heterocycles. The van der Waals surface area contributed by atoms with Crippen LogP contribution in [0.25, 0.3) is 0 Å². The standard InChI is InChI=1S/C14H22FN3O/c1-14(2,3)18-13(16)17-8-7-10-5-6-11(15)12(9-10)19-4/h5-6,9H,7-8H2,1-4H3,(H3,16,17,18). The number of methoxy groups -OCH3 is 1. The summed E-state index contributed by atoms with van der Waals surface area (Å²) in [4.78, 5) is 4.23. The molecule has 0 fully saturated rings. The van der Waals surface area contributed by atoms with E-state index in [-0.39, 0.29) is 17.1 Å². The van der Waals surface area contributed by atoms with E-state index in [0.717, 1.165) is 5.56 Å². The number of guanidine groups is 1. The molecule has 0 atom stereocenters. The van der Waals surface area contributed by atoms with Crippen molar-refractivity contribution in [3.8, 4) is 5.75 Å². The van der Waals surface area contributed by atoms with Crippen LogP contribution in [0.2, 0.25) is 0 Å². The van der Waals surface area contributed by atoms with Gasteiger partial charge in [0.25, 0.3) is 0 Å². The first-order valence-electron chi connectivity index (χ1n) is 6.22. The lowest BCUT2D eigenvalue weighted by atomic mass is 10.1. The summed E-state index contributed by atoms with van der Waals surface area (Å²) in [5, 5.41) is 3.08. The first-order chi connectivity index (χ1) is 8.81. The molecule has 0 radical (unpaired) electrons. The number of benzene rings is 1. The zero-order valence-corrected chi connectivity index (χ0v) is 12.0. The van der Waals surface area contributed by atoms with Crippen LogP contribution in [-0.4, -0.2) is 25.2 Å². The van der Waals surface area contributed by atoms with Crippen molar-refractivity contribution in [3.63, 3.8) is 0 Å². The lowest BCUT2D eigenvalue weighted by molar-refractivity contribution is 0.386. The van der Waals surface area contributed by atoms with Crippen LogP contribution in [0.3, 0.4) is 0 Å². The molecule has 0 heterocycles. The number of ether oxygens (including phenoxy) is 1. The molecule has 19 heavy (non-hydrogen) atoms. The Hall–Kier alpha value is -1.78. The largest absolute Gasteiger partial charge is 0.494 e. The van der Waals surface area contributed by atoms with Gasteiger partial charge in [-0.15, -0.1) is 0 Å². The zero-order chi connectivity index (χ0) is 14.5. The summed E-state index contributed by atoms with van der Waals surface area (Å²) in [6, 6.07) is 4.80. The lowest BCUT2D eigenvalue weighted by Gasteiger charge is -2.20. The summed E-state index contributed by atoms with van der Waals surface area (Å²) in [5.74, 6) is 0.313. The first-order valence-corrected chi connectivity index (χ1v) is 6.22. The number of nitrogens with one attached hydrogen (secondary N) is 1. The van der Waals surface area contributed by atoms with E-state index in [1.54, 1.807) is 12.1 Å². The Morgan fingerprint density at radius 1 is 1.42 bits per heavy atom. The molecule has 0 unspecified atom stereocenters. The number of rotatable bonds is 4. The van der Waals surface area contributed by atoms with Crippen LogP contribution >= 0.6 is 0 Å². The van der Waals surface area contributed by atoms with Crippen LogP contribution in [0.1, 0.15) is 26.3 Å². The summed E-state index contributed by atoms with van der Waals surface area (Å²) >= 11 is 0. The van der Waals surface area contributed by atoms with E-state index < -0.39 is 0 Å². The van der Waals surface area contributed by atoms with Gasteiger partial charge in [-0.2, -0.15) is 0 Å². The zero-order valence-electron chi connectivity index (χ0n) is 12.0. The Balaban J connectivity index is 2.55. The molecule has 0 spiro atoms. The van der Waals surface area contributed by atoms with Gasteiger partial charge in [0.1, 0.15) is 0 Å². The first kappa shape index (κ1) is 15.3. The molecule has 4 nitrogen and oxygen atoms in total. The molecule has 0 aliphatic rings. The number of nitrogens with zero attached hydrogens (tertiary/aromatic N) is 1. The molecule has 0 aliphatic carbocycles. The van der Waals surface area contributed by atoms with Gasteiger partial charge in [0.2, 0.25) is 0 Å². The maximum absolute atomic E-state index is 13.2. The lowest BCUT2D eigenvalue weighted by Crippen LogP contribution is -2.45. The third kappa shape index (κ3) is 5.59. The van der Waals surface area contributed by atoms with Crippen LogP contribution in [0, 0.1) is 5.82 Å². The number of hydrogen-bond donors (Lipinski definition) is 2. The number of halogens is 1. The smallest absolute Gasteiger partial charge is 0.188 e. The Morgan fingerprint density at radius 3 is 2.68 bits per heavy atom. The monoisotopic (exact) mass is 267 g/mol. The number of aliphatic imine (C=N–C) groups is 1. The van der Waals surface area contributed by atoms with Crippen molar-refractivity contribution in [3.05, 3.63) is 29.6 Å². The van der Waals surface area contributed by atoms with Crippen molar-refractivity contribution >= 4 is 5.96 Å². The van der Waals surface area contributed by atoms with Crippen LogP contribution < -0.4 is 15.8 Å². The van der Waals surface area contributed by atoms with Gasteiger partial charge in [-0.25, -0.2) is 4.39 Å². The quantitative estimate of drug-likeness (QED) is 0.648. The fraction of sp³-hybridized carbons (Fsp3) is 0.500. The van der Waals surface area contributed by atoms with Gasteiger partial charge in [0.15, 0.2) is 17.5 Å². The minimum absolute atomic E-state index is 0.104. The van der Waals surface area contributed by atoms with Gasteiger partial charge in [0, 0.05) is 12.1 Å². The summed E-state index contributed by atoms with van der Waals surface area (Å²) in [6.07, 6.45) is 0.684. The van der Waals surface area contributed by atoms with Crippen LogP contribution in [0.4, 0.5) is 4.39 Å². The van der Waals surface area contributed by atoms with E-state index in [0.29, 0.717) is 18.9 Å². The van der Waals surface area contributed by atoms with Gasteiger partial charge in [0.05, 0.1) is 7.11 Å². The molecule has 1 aromatic rings. The van der Waals surface area contributed by atoms with E-state index in [1.165, 1.54) is 13.2 Å². The number of hydrogen-bond acceptors (Lipinski definition) is 2. The van der Waals surface area contributed by atoms with Crippen molar-refractivity contribution in [2.24, 2.45) is 10.7 Å². The molecule has 1 rings (SSSR count). The van der Waals surface area contributed by atoms with E-state index in [9.17, 15) is 4.39 Å². The fourth-order valence-electron chi connectivity index (χ4n) is 1.59. The van der Waals surface area contributed by atoms with Gasteiger partial charge in [-0.1, -0.05) is 6.07 Å². The third-order valence-corrected chi connectivity index (χ3v) is 2.40. The minimum Gasteiger partial charge on any atom is -0.494 e. The highest BCUT2D eigenvalue weighted by Crippen LogP contribution is 2.18. The van der Waals surface area contributed by atoms with Gasteiger partial charge in [-0.3, -0.25) is 4.99 Å². The van der Waals surface area contributed by atoms with E-state index in [2.05, 4.69) is 10.3 Å². The molecule has 1 aromatic carbocycles. The molecule has 0 amide bonds. The average Bonchev–Trinajstić information content (AvgIpc) is 2.29. The summed E-state index contributed by atoms with van der Waals surface area (Å²) in [5.41, 5.74) is 6.62. The van der Waals surface area contributed by atoms with Crippen molar-refractivity contribution in [1.29, 1.82) is 0 Å². The van der Waals surface area contributed by atoms with Crippen molar-refractivity contribution in [1.82, 2.24) is 5.32 Å².